The summed E-state index contributed by atoms with van der Waals surface area (Å²) in [7, 11) is 0. The van der Waals surface area contributed by atoms with Gasteiger partial charge in [0.25, 0.3) is 5.91 Å². The van der Waals surface area contributed by atoms with E-state index in [2.05, 4.69) is 31.1 Å². The van der Waals surface area contributed by atoms with Crippen molar-refractivity contribution in [2.75, 3.05) is 5.73 Å². The van der Waals surface area contributed by atoms with Crippen LogP contribution in [0.2, 0.25) is 0 Å². The molecule has 3 rings (SSSR count). The minimum absolute atomic E-state index is 0.0835. The molecule has 3 atom stereocenters. The van der Waals surface area contributed by atoms with E-state index in [0.717, 1.165) is 5.92 Å². The average Bonchev–Trinajstić information content (AvgIpc) is 2.96. The number of rotatable bonds is 2. The summed E-state index contributed by atoms with van der Waals surface area (Å²) in [5.41, 5.74) is 6.45. The monoisotopic (exact) mass is 279 g/mol. The predicted octanol–water partition coefficient (Wildman–Crippen LogP) is 2.67. The van der Waals surface area contributed by atoms with Gasteiger partial charge in [0, 0.05) is 11.4 Å². The molecule has 104 valence electrons. The number of hydrogen-bond donors (Lipinski definition) is 2. The van der Waals surface area contributed by atoms with Crippen molar-refractivity contribution < 1.29 is 4.79 Å². The van der Waals surface area contributed by atoms with E-state index in [1.54, 1.807) is 5.38 Å². The van der Waals surface area contributed by atoms with E-state index in [9.17, 15) is 4.79 Å². The van der Waals surface area contributed by atoms with Crippen LogP contribution in [-0.4, -0.2) is 16.9 Å². The number of aromatic nitrogens is 1. The summed E-state index contributed by atoms with van der Waals surface area (Å²) < 4.78 is 0. The van der Waals surface area contributed by atoms with Gasteiger partial charge in [-0.1, -0.05) is 20.8 Å². The molecule has 2 saturated carbocycles. The summed E-state index contributed by atoms with van der Waals surface area (Å²) in [6, 6.07) is 0.231. The summed E-state index contributed by atoms with van der Waals surface area (Å²) in [5.74, 6) is 0.642. The first-order valence-electron chi connectivity index (χ1n) is 6.85. The molecular weight excluding hydrogens is 258 g/mol. The maximum atomic E-state index is 12.3. The summed E-state index contributed by atoms with van der Waals surface area (Å²) in [6.07, 6.45) is 3.73. The van der Waals surface area contributed by atoms with Crippen LogP contribution in [0.15, 0.2) is 5.38 Å². The summed E-state index contributed by atoms with van der Waals surface area (Å²) in [4.78, 5) is 16.4. The first kappa shape index (κ1) is 12.9. The van der Waals surface area contributed by atoms with Crippen molar-refractivity contribution in [1.29, 1.82) is 0 Å². The van der Waals surface area contributed by atoms with Gasteiger partial charge in [-0.2, -0.15) is 0 Å². The zero-order chi connectivity index (χ0) is 13.8. The minimum Gasteiger partial charge on any atom is -0.375 e. The normalized spacial score (nSPS) is 35.5. The maximum absolute atomic E-state index is 12.3. The third-order valence-corrected chi connectivity index (χ3v) is 5.97. The van der Waals surface area contributed by atoms with Crippen molar-refractivity contribution in [3.05, 3.63) is 11.1 Å². The van der Waals surface area contributed by atoms with E-state index in [0.29, 0.717) is 10.8 Å². The van der Waals surface area contributed by atoms with Crippen molar-refractivity contribution in [3.63, 3.8) is 0 Å². The van der Waals surface area contributed by atoms with Crippen LogP contribution in [0.3, 0.4) is 0 Å². The fraction of sp³-hybridized carbons (Fsp3) is 0.714. The second-order valence-corrected chi connectivity index (χ2v) is 7.78. The summed E-state index contributed by atoms with van der Waals surface area (Å²) in [5, 5.41) is 5.40. The molecular formula is C14H21N3OS. The molecule has 0 spiro atoms. The van der Waals surface area contributed by atoms with E-state index >= 15 is 0 Å². The highest BCUT2D eigenvalue weighted by Gasteiger charge is 2.59. The van der Waals surface area contributed by atoms with Crippen LogP contribution in [0, 0.1) is 16.7 Å². The summed E-state index contributed by atoms with van der Waals surface area (Å²) >= 11 is 1.31. The Morgan fingerprint density at radius 2 is 2.26 bits per heavy atom. The molecule has 3 unspecified atom stereocenters. The molecule has 5 heteroatoms. The Morgan fingerprint density at radius 1 is 1.53 bits per heavy atom. The van der Waals surface area contributed by atoms with Gasteiger partial charge in [-0.05, 0) is 36.0 Å². The third kappa shape index (κ3) is 1.86. The van der Waals surface area contributed by atoms with Crippen LogP contribution >= 0.6 is 11.3 Å². The van der Waals surface area contributed by atoms with Gasteiger partial charge in [0.2, 0.25) is 0 Å². The third-order valence-electron chi connectivity index (χ3n) is 5.30. The first-order chi connectivity index (χ1) is 8.83. The fourth-order valence-electron chi connectivity index (χ4n) is 4.26. The number of nitrogens with two attached hydrogens (primary N) is 1. The number of thiazole rings is 1. The molecule has 0 saturated heterocycles. The molecule has 1 amide bonds. The highest BCUT2D eigenvalue weighted by atomic mass is 32.1. The molecule has 19 heavy (non-hydrogen) atoms. The average molecular weight is 279 g/mol. The largest absolute Gasteiger partial charge is 0.375 e. The number of fused-ring (bicyclic) bond motifs is 2. The van der Waals surface area contributed by atoms with Gasteiger partial charge in [-0.3, -0.25) is 4.79 Å². The van der Waals surface area contributed by atoms with Gasteiger partial charge in [-0.25, -0.2) is 4.98 Å². The highest BCUT2D eigenvalue weighted by Crippen LogP contribution is 2.62. The molecule has 2 aliphatic carbocycles. The fourth-order valence-corrected chi connectivity index (χ4v) is 4.80. The Hall–Kier alpha value is -1.10. The lowest BCUT2D eigenvalue weighted by atomic mass is 9.68. The Bertz CT molecular complexity index is 520. The van der Waals surface area contributed by atoms with Gasteiger partial charge in [0.05, 0.1) is 0 Å². The lowest BCUT2D eigenvalue weighted by Gasteiger charge is -2.43. The zero-order valence-electron chi connectivity index (χ0n) is 11.7. The van der Waals surface area contributed by atoms with E-state index in [-0.39, 0.29) is 22.8 Å². The zero-order valence-corrected chi connectivity index (χ0v) is 12.5. The van der Waals surface area contributed by atoms with Crippen LogP contribution in [-0.2, 0) is 0 Å². The minimum atomic E-state index is -0.0835. The van der Waals surface area contributed by atoms with E-state index in [4.69, 9.17) is 5.73 Å². The molecule has 1 heterocycles. The molecule has 3 N–H and O–H groups in total. The number of carbonyl (C=O) groups excluding carboxylic acids is 1. The number of carbonyl (C=O) groups is 1. The van der Waals surface area contributed by atoms with Crippen molar-refractivity contribution >= 4 is 22.4 Å². The lowest BCUT2D eigenvalue weighted by Crippen LogP contribution is -2.52. The smallest absolute Gasteiger partial charge is 0.271 e. The van der Waals surface area contributed by atoms with Crippen LogP contribution < -0.4 is 11.1 Å². The number of hydrogen-bond acceptors (Lipinski definition) is 4. The molecule has 2 aliphatic rings. The van der Waals surface area contributed by atoms with Crippen LogP contribution in [0.5, 0.6) is 0 Å². The van der Waals surface area contributed by atoms with Crippen molar-refractivity contribution in [3.8, 4) is 0 Å². The molecule has 1 aromatic rings. The van der Waals surface area contributed by atoms with Crippen LogP contribution in [0.4, 0.5) is 5.13 Å². The van der Waals surface area contributed by atoms with Gasteiger partial charge >= 0.3 is 0 Å². The molecule has 4 nitrogen and oxygen atoms in total. The van der Waals surface area contributed by atoms with Gasteiger partial charge in [0.1, 0.15) is 5.69 Å². The van der Waals surface area contributed by atoms with E-state index in [1.165, 1.54) is 30.6 Å². The molecule has 2 bridgehead atoms. The first-order valence-corrected chi connectivity index (χ1v) is 7.73. The number of nitrogens with zero attached hydrogens (tertiary/aromatic N) is 1. The lowest BCUT2D eigenvalue weighted by molar-refractivity contribution is 0.0734. The number of nitrogens with one attached hydrogen (secondary N) is 1. The van der Waals surface area contributed by atoms with Crippen molar-refractivity contribution in [2.45, 2.75) is 46.1 Å². The molecule has 0 radical (unpaired) electrons. The highest BCUT2D eigenvalue weighted by molar-refractivity contribution is 7.13. The standard InChI is InChI=1S/C14H21N3OS/c1-13(2)8-4-5-14(3,6-8)11(13)17-10(18)9-7-19-12(15)16-9/h7-8,11H,4-6H2,1-3H3,(H2,15,16)(H,17,18). The Morgan fingerprint density at radius 3 is 2.79 bits per heavy atom. The molecule has 0 aromatic carbocycles. The number of nitrogen functional groups attached to an aromatic ring is 1. The Balaban J connectivity index is 1.81. The van der Waals surface area contributed by atoms with Crippen LogP contribution in [0.25, 0.3) is 0 Å². The Kier molecular flexibility index (Phi) is 2.68. The van der Waals surface area contributed by atoms with Gasteiger partial charge in [0.15, 0.2) is 5.13 Å². The van der Waals surface area contributed by atoms with E-state index < -0.39 is 0 Å². The molecule has 2 fully saturated rings. The SMILES string of the molecule is CC12CCC(C1)C(C)(C)C2NC(=O)c1csc(N)n1. The molecule has 0 aliphatic heterocycles. The van der Waals surface area contributed by atoms with Crippen molar-refractivity contribution in [2.24, 2.45) is 16.7 Å². The van der Waals surface area contributed by atoms with E-state index in [1.807, 2.05) is 0 Å². The summed E-state index contributed by atoms with van der Waals surface area (Å²) in [6.45, 7) is 6.87. The second-order valence-electron chi connectivity index (χ2n) is 6.89. The number of amides is 1. The van der Waals surface area contributed by atoms with Crippen LogP contribution in [0.1, 0.15) is 50.5 Å². The quantitative estimate of drug-likeness (QED) is 0.874. The topological polar surface area (TPSA) is 68.0 Å². The predicted molar refractivity (Wildman–Crippen MR) is 77.0 cm³/mol. The number of anilines is 1. The maximum Gasteiger partial charge on any atom is 0.271 e. The van der Waals surface area contributed by atoms with Gasteiger partial charge in [-0.15, -0.1) is 11.3 Å². The van der Waals surface area contributed by atoms with Crippen molar-refractivity contribution in [1.82, 2.24) is 10.3 Å². The Labute approximate surface area is 117 Å². The van der Waals surface area contributed by atoms with Gasteiger partial charge < -0.3 is 11.1 Å². The molecule has 1 aromatic heterocycles. The second kappa shape index (κ2) is 3.95.